The molecule has 0 saturated carbocycles. The molecule has 0 fully saturated rings. The van der Waals surface area contributed by atoms with Crippen molar-refractivity contribution in [1.82, 2.24) is 4.98 Å². The van der Waals surface area contributed by atoms with E-state index in [1.807, 2.05) is 19.1 Å². The minimum absolute atomic E-state index is 0.191. The number of ether oxygens (including phenoxy) is 1. The number of rotatable bonds is 2. The van der Waals surface area contributed by atoms with Gasteiger partial charge in [-0.2, -0.15) is 0 Å². The Labute approximate surface area is 126 Å². The molecule has 3 aromatic rings. The molecule has 112 valence electrons. The lowest BCUT2D eigenvalue weighted by Gasteiger charge is -2.06. The summed E-state index contributed by atoms with van der Waals surface area (Å²) in [6.45, 7) is 3.69. The van der Waals surface area contributed by atoms with Gasteiger partial charge in [0.1, 0.15) is 5.58 Å². The molecule has 0 radical (unpaired) electrons. The van der Waals surface area contributed by atoms with E-state index in [9.17, 15) is 9.59 Å². The van der Waals surface area contributed by atoms with E-state index >= 15 is 0 Å². The molecule has 5 nitrogen and oxygen atoms in total. The maximum atomic E-state index is 12.7. The highest BCUT2D eigenvalue weighted by molar-refractivity contribution is 5.96. The van der Waals surface area contributed by atoms with Gasteiger partial charge < -0.3 is 9.15 Å². The van der Waals surface area contributed by atoms with Crippen molar-refractivity contribution in [2.45, 2.75) is 20.3 Å². The number of aryl methyl sites for hydroxylation is 2. The highest BCUT2D eigenvalue weighted by Crippen LogP contribution is 2.21. The van der Waals surface area contributed by atoms with Gasteiger partial charge in [0.2, 0.25) is 11.1 Å². The van der Waals surface area contributed by atoms with Gasteiger partial charge in [0, 0.05) is 0 Å². The van der Waals surface area contributed by atoms with Crippen molar-refractivity contribution in [2.24, 2.45) is 0 Å². The van der Waals surface area contributed by atoms with Crippen LogP contribution in [0.15, 0.2) is 33.5 Å². The number of carbonyl (C=O) groups excluding carboxylic acids is 1. The lowest BCUT2D eigenvalue weighted by atomic mass is 10.1. The lowest BCUT2D eigenvalue weighted by molar-refractivity contribution is 0.0599. The minimum atomic E-state index is -0.520. The number of benzene rings is 1. The van der Waals surface area contributed by atoms with Crippen molar-refractivity contribution in [3.63, 3.8) is 0 Å². The van der Waals surface area contributed by atoms with E-state index in [-0.39, 0.29) is 22.1 Å². The highest BCUT2D eigenvalue weighted by atomic mass is 16.5. The maximum Gasteiger partial charge on any atom is 0.339 e. The molecule has 0 unspecified atom stereocenters. The molecule has 2 heterocycles. The first-order valence-electron chi connectivity index (χ1n) is 7.00. The van der Waals surface area contributed by atoms with Gasteiger partial charge >= 0.3 is 5.97 Å². The van der Waals surface area contributed by atoms with Gasteiger partial charge in [0.25, 0.3) is 0 Å². The van der Waals surface area contributed by atoms with E-state index in [1.165, 1.54) is 13.2 Å². The molecule has 0 bridgehead atoms. The quantitative estimate of drug-likeness (QED) is 0.537. The van der Waals surface area contributed by atoms with Gasteiger partial charge in [-0.1, -0.05) is 13.0 Å². The normalized spacial score (nSPS) is 11.0. The molecule has 3 rings (SSSR count). The number of methoxy groups -OCH3 is 1. The van der Waals surface area contributed by atoms with E-state index in [2.05, 4.69) is 4.98 Å². The Morgan fingerprint density at radius 3 is 2.73 bits per heavy atom. The van der Waals surface area contributed by atoms with Gasteiger partial charge in [-0.05, 0) is 37.1 Å². The first-order valence-corrected chi connectivity index (χ1v) is 7.00. The zero-order valence-corrected chi connectivity index (χ0v) is 12.6. The number of fused-ring (bicyclic) bond motifs is 2. The third-order valence-electron chi connectivity index (χ3n) is 3.73. The molecule has 0 saturated heterocycles. The van der Waals surface area contributed by atoms with Crippen molar-refractivity contribution in [1.29, 1.82) is 0 Å². The molecule has 0 aliphatic carbocycles. The predicted octanol–water partition coefficient (Wildman–Crippen LogP) is 3.00. The van der Waals surface area contributed by atoms with Crippen LogP contribution >= 0.6 is 0 Å². The molecule has 0 N–H and O–H groups in total. The van der Waals surface area contributed by atoms with Crippen LogP contribution < -0.4 is 5.43 Å². The average Bonchev–Trinajstić information content (AvgIpc) is 2.53. The summed E-state index contributed by atoms with van der Waals surface area (Å²) in [5.74, 6) is -0.520. The first-order chi connectivity index (χ1) is 10.5. The lowest BCUT2D eigenvalue weighted by Crippen LogP contribution is -2.10. The first kappa shape index (κ1) is 14.3. The monoisotopic (exact) mass is 297 g/mol. The second-order valence-corrected chi connectivity index (χ2v) is 5.08. The minimum Gasteiger partial charge on any atom is -0.465 e. The fourth-order valence-electron chi connectivity index (χ4n) is 2.45. The number of carbonyl (C=O) groups is 1. The van der Waals surface area contributed by atoms with Crippen LogP contribution in [0.25, 0.3) is 22.1 Å². The molecular weight excluding hydrogens is 282 g/mol. The topological polar surface area (TPSA) is 69.4 Å². The Kier molecular flexibility index (Phi) is 3.41. The highest BCUT2D eigenvalue weighted by Gasteiger charge is 2.16. The SMILES string of the molecule is CCc1ccc2oc3nc(C)c(C(=O)OC)cc3c(=O)c2c1. The second-order valence-electron chi connectivity index (χ2n) is 5.08. The fraction of sp³-hybridized carbons (Fsp3) is 0.235. The number of hydrogen-bond donors (Lipinski definition) is 0. The zero-order chi connectivity index (χ0) is 15.9. The third-order valence-corrected chi connectivity index (χ3v) is 3.73. The van der Waals surface area contributed by atoms with Crippen molar-refractivity contribution in [2.75, 3.05) is 7.11 Å². The van der Waals surface area contributed by atoms with E-state index < -0.39 is 5.97 Å². The third kappa shape index (κ3) is 2.15. The molecule has 0 atom stereocenters. The van der Waals surface area contributed by atoms with Gasteiger partial charge in [-0.3, -0.25) is 4.79 Å². The summed E-state index contributed by atoms with van der Waals surface area (Å²) in [5, 5.41) is 0.778. The molecule has 5 heteroatoms. The van der Waals surface area contributed by atoms with E-state index in [1.54, 1.807) is 13.0 Å². The van der Waals surface area contributed by atoms with Gasteiger partial charge in [0.15, 0.2) is 0 Å². The van der Waals surface area contributed by atoms with Crippen LogP contribution in [0.5, 0.6) is 0 Å². The molecule has 22 heavy (non-hydrogen) atoms. The second kappa shape index (κ2) is 5.26. The van der Waals surface area contributed by atoms with Crippen molar-refractivity contribution < 1.29 is 13.9 Å². The van der Waals surface area contributed by atoms with Crippen molar-refractivity contribution >= 4 is 28.0 Å². The maximum absolute atomic E-state index is 12.7. The van der Waals surface area contributed by atoms with E-state index in [0.717, 1.165) is 12.0 Å². The molecule has 0 spiro atoms. The summed E-state index contributed by atoms with van der Waals surface area (Å²) in [6.07, 6.45) is 0.826. The summed E-state index contributed by atoms with van der Waals surface area (Å²) in [6, 6.07) is 7.01. The van der Waals surface area contributed by atoms with Crippen LogP contribution in [0, 0.1) is 6.92 Å². The molecule has 2 aromatic heterocycles. The summed E-state index contributed by atoms with van der Waals surface area (Å²) < 4.78 is 10.4. The van der Waals surface area contributed by atoms with Crippen LogP contribution in [-0.4, -0.2) is 18.1 Å². The summed E-state index contributed by atoms with van der Waals surface area (Å²) >= 11 is 0. The predicted molar refractivity (Wildman–Crippen MR) is 83.2 cm³/mol. The Hall–Kier alpha value is -2.69. The summed E-state index contributed by atoms with van der Waals surface area (Å²) in [5.41, 5.74) is 2.32. The number of pyridine rings is 1. The van der Waals surface area contributed by atoms with E-state index in [4.69, 9.17) is 9.15 Å². The van der Waals surface area contributed by atoms with Crippen LogP contribution in [0.1, 0.15) is 28.5 Å². The summed E-state index contributed by atoms with van der Waals surface area (Å²) in [7, 11) is 1.29. The Morgan fingerprint density at radius 2 is 2.05 bits per heavy atom. The Morgan fingerprint density at radius 1 is 1.27 bits per heavy atom. The molecule has 1 aromatic carbocycles. The summed E-state index contributed by atoms with van der Waals surface area (Å²) in [4.78, 5) is 28.7. The standard InChI is InChI=1S/C17H15NO4/c1-4-10-5-6-14-12(7-10)15(19)13-8-11(17(20)21-3)9(2)18-16(13)22-14/h5-8H,4H2,1-3H3. The van der Waals surface area contributed by atoms with Gasteiger partial charge in [0.05, 0.1) is 29.1 Å². The van der Waals surface area contributed by atoms with Crippen LogP contribution in [0.3, 0.4) is 0 Å². The van der Waals surface area contributed by atoms with Crippen molar-refractivity contribution in [3.05, 3.63) is 51.3 Å². The number of hydrogen-bond acceptors (Lipinski definition) is 5. The van der Waals surface area contributed by atoms with Crippen LogP contribution in [0.4, 0.5) is 0 Å². The van der Waals surface area contributed by atoms with Gasteiger partial charge in [-0.15, -0.1) is 0 Å². The van der Waals surface area contributed by atoms with Gasteiger partial charge in [-0.25, -0.2) is 9.78 Å². The molecule has 0 amide bonds. The molecule has 0 aliphatic heterocycles. The largest absolute Gasteiger partial charge is 0.465 e. The average molecular weight is 297 g/mol. The molecule has 0 aliphatic rings. The van der Waals surface area contributed by atoms with E-state index in [0.29, 0.717) is 16.7 Å². The fourth-order valence-corrected chi connectivity index (χ4v) is 2.45. The van der Waals surface area contributed by atoms with Crippen molar-refractivity contribution in [3.8, 4) is 0 Å². The number of aromatic nitrogens is 1. The Balaban J connectivity index is 2.40. The number of nitrogens with zero attached hydrogens (tertiary/aromatic N) is 1. The Bertz CT molecular complexity index is 956. The number of esters is 1. The van der Waals surface area contributed by atoms with Crippen LogP contribution in [-0.2, 0) is 11.2 Å². The molecular formula is C17H15NO4. The zero-order valence-electron chi connectivity index (χ0n) is 12.6. The van der Waals surface area contributed by atoms with Crippen LogP contribution in [0.2, 0.25) is 0 Å². The smallest absolute Gasteiger partial charge is 0.339 e.